The molecular weight excluding hydrogens is 393 g/mol. The van der Waals surface area contributed by atoms with Gasteiger partial charge in [0, 0.05) is 11.3 Å². The minimum atomic E-state index is -4.59. The number of carbonyl (C=O) groups is 2. The lowest BCUT2D eigenvalue weighted by molar-refractivity contribution is -0.175. The molecule has 4 atom stereocenters. The summed E-state index contributed by atoms with van der Waals surface area (Å²) in [5.74, 6) is -3.74. The van der Waals surface area contributed by atoms with E-state index in [-0.39, 0.29) is 18.1 Å². The van der Waals surface area contributed by atoms with E-state index in [1.807, 2.05) is 6.92 Å². The van der Waals surface area contributed by atoms with Crippen LogP contribution in [0.15, 0.2) is 30.5 Å². The second-order valence-corrected chi connectivity index (χ2v) is 7.62. The molecule has 4 rings (SSSR count). The maximum Gasteiger partial charge on any atom is 0.416 e. The van der Waals surface area contributed by atoms with Crippen LogP contribution in [0.1, 0.15) is 35.6 Å². The quantitative estimate of drug-likeness (QED) is 0.561. The molecule has 4 unspecified atom stereocenters. The van der Waals surface area contributed by atoms with E-state index in [1.54, 1.807) is 6.08 Å². The Hall–Kier alpha value is -2.55. The van der Waals surface area contributed by atoms with Crippen LogP contribution < -0.4 is 0 Å². The van der Waals surface area contributed by atoms with Gasteiger partial charge in [0.25, 0.3) is 0 Å². The van der Waals surface area contributed by atoms with Gasteiger partial charge in [-0.1, -0.05) is 13.0 Å². The molecule has 3 aliphatic rings. The Bertz CT molecular complexity index is 894. The van der Waals surface area contributed by atoms with Gasteiger partial charge in [-0.2, -0.15) is 13.2 Å². The van der Waals surface area contributed by atoms with E-state index in [1.165, 1.54) is 12.3 Å². The van der Waals surface area contributed by atoms with Crippen LogP contribution in [0, 0.1) is 11.3 Å². The average Bonchev–Trinajstić information content (AvgIpc) is 3.26. The highest BCUT2D eigenvalue weighted by Crippen LogP contribution is 2.76. The van der Waals surface area contributed by atoms with Gasteiger partial charge in [0.05, 0.1) is 26.0 Å². The number of hydrogen-bond donors (Lipinski definition) is 0. The molecule has 1 aromatic carbocycles. The first-order chi connectivity index (χ1) is 13.6. The Morgan fingerprint density at radius 2 is 1.83 bits per heavy atom. The zero-order chi connectivity index (χ0) is 21.2. The molecule has 29 heavy (non-hydrogen) atoms. The third-order valence-corrected chi connectivity index (χ3v) is 6.28. The van der Waals surface area contributed by atoms with Gasteiger partial charge in [0.2, 0.25) is 0 Å². The van der Waals surface area contributed by atoms with Crippen molar-refractivity contribution in [3.05, 3.63) is 47.2 Å². The fraction of sp³-hybridized carbons (Fsp3) is 0.500. The van der Waals surface area contributed by atoms with Crippen LogP contribution in [0.3, 0.4) is 0 Å². The predicted molar refractivity (Wildman–Crippen MR) is 91.5 cm³/mol. The molecule has 0 amide bonds. The van der Waals surface area contributed by atoms with Crippen molar-refractivity contribution >= 4 is 11.9 Å². The first-order valence-electron chi connectivity index (χ1n) is 8.94. The van der Waals surface area contributed by atoms with Crippen LogP contribution in [0.5, 0.6) is 0 Å². The summed E-state index contributed by atoms with van der Waals surface area (Å²) in [7, 11) is 2.17. The van der Waals surface area contributed by atoms with E-state index in [9.17, 15) is 22.8 Å². The number of hydrogen-bond acceptors (Lipinski definition) is 6. The fourth-order valence-corrected chi connectivity index (χ4v) is 4.72. The van der Waals surface area contributed by atoms with E-state index in [0.29, 0.717) is 5.56 Å². The molecule has 1 fully saturated rings. The molecule has 0 bridgehead atoms. The summed E-state index contributed by atoms with van der Waals surface area (Å²) in [6, 6.07) is 3.32. The summed E-state index contributed by atoms with van der Waals surface area (Å²) in [6.45, 7) is 2.06. The highest BCUT2D eigenvalue weighted by molar-refractivity contribution is 5.96. The SMILES string of the molecule is COC(=O)C(C(=O)OC)C1OC23COC=CC2(C)C3c2ccc(C(F)(F)F)cc21. The number of methoxy groups -OCH3 is 2. The average molecular weight is 412 g/mol. The van der Waals surface area contributed by atoms with Crippen LogP contribution in [0.25, 0.3) is 0 Å². The molecule has 2 heterocycles. The molecule has 0 saturated heterocycles. The lowest BCUT2D eigenvalue weighted by atomic mass is 9.85. The van der Waals surface area contributed by atoms with Gasteiger partial charge in [-0.25, -0.2) is 0 Å². The number of carbonyl (C=O) groups excluding carboxylic acids is 2. The third-order valence-electron chi connectivity index (χ3n) is 6.28. The Balaban J connectivity index is 1.90. The van der Waals surface area contributed by atoms with Crippen LogP contribution in [0.2, 0.25) is 0 Å². The number of fused-ring (bicyclic) bond motifs is 3. The topological polar surface area (TPSA) is 71.1 Å². The van der Waals surface area contributed by atoms with Crippen LogP contribution >= 0.6 is 0 Å². The fourth-order valence-electron chi connectivity index (χ4n) is 4.72. The first kappa shape index (κ1) is 19.8. The van der Waals surface area contributed by atoms with Crippen LogP contribution in [-0.4, -0.2) is 38.4 Å². The van der Waals surface area contributed by atoms with Gasteiger partial charge in [-0.3, -0.25) is 9.59 Å². The summed E-state index contributed by atoms with van der Waals surface area (Å²) in [5.41, 5.74) is -1.61. The monoisotopic (exact) mass is 412 g/mol. The lowest BCUT2D eigenvalue weighted by Crippen LogP contribution is -2.41. The summed E-state index contributed by atoms with van der Waals surface area (Å²) < 4.78 is 61.2. The summed E-state index contributed by atoms with van der Waals surface area (Å²) in [4.78, 5) is 24.8. The third kappa shape index (κ3) is 2.59. The molecule has 0 radical (unpaired) electrons. The molecule has 156 valence electrons. The Morgan fingerprint density at radius 3 is 2.41 bits per heavy atom. The van der Waals surface area contributed by atoms with Gasteiger partial charge in [-0.15, -0.1) is 0 Å². The van der Waals surface area contributed by atoms with E-state index in [4.69, 9.17) is 18.9 Å². The molecule has 1 spiro atoms. The van der Waals surface area contributed by atoms with Gasteiger partial charge in [0.15, 0.2) is 5.92 Å². The van der Waals surface area contributed by atoms with Crippen molar-refractivity contribution in [2.45, 2.75) is 30.7 Å². The summed E-state index contributed by atoms with van der Waals surface area (Å²) in [5, 5.41) is 0. The van der Waals surface area contributed by atoms with E-state index >= 15 is 0 Å². The molecule has 2 aliphatic heterocycles. The van der Waals surface area contributed by atoms with Gasteiger partial charge in [0.1, 0.15) is 18.3 Å². The summed E-state index contributed by atoms with van der Waals surface area (Å²) >= 11 is 0. The maximum absolute atomic E-state index is 13.4. The van der Waals surface area contributed by atoms with Crippen molar-refractivity contribution in [1.82, 2.24) is 0 Å². The largest absolute Gasteiger partial charge is 0.498 e. The molecule has 1 aliphatic carbocycles. The standard InChI is InChI=1S/C20H19F3O6/c1-18-6-7-28-9-19(18)15(18)11-5-4-10(20(21,22)23)8-12(11)14(29-19)13(16(24)26-2)17(25)27-3/h4-8,13-15H,9H2,1-3H3. The number of benzene rings is 1. The van der Waals surface area contributed by atoms with Crippen molar-refractivity contribution in [2.75, 3.05) is 20.8 Å². The Morgan fingerprint density at radius 1 is 1.17 bits per heavy atom. The normalized spacial score (nSPS) is 31.8. The van der Waals surface area contributed by atoms with Crippen molar-refractivity contribution in [3.8, 4) is 0 Å². The zero-order valence-corrected chi connectivity index (χ0v) is 15.9. The molecule has 6 nitrogen and oxygen atoms in total. The van der Waals surface area contributed by atoms with E-state index in [0.717, 1.165) is 26.4 Å². The molecule has 1 saturated carbocycles. The lowest BCUT2D eigenvalue weighted by Gasteiger charge is -2.35. The molecule has 0 N–H and O–H groups in total. The highest BCUT2D eigenvalue weighted by Gasteiger charge is 2.79. The molecule has 9 heteroatoms. The zero-order valence-electron chi connectivity index (χ0n) is 15.9. The van der Waals surface area contributed by atoms with Crippen molar-refractivity contribution in [1.29, 1.82) is 0 Å². The minimum absolute atomic E-state index is 0.125. The van der Waals surface area contributed by atoms with Crippen LogP contribution in [-0.2, 0) is 34.7 Å². The maximum atomic E-state index is 13.4. The van der Waals surface area contributed by atoms with Gasteiger partial charge >= 0.3 is 18.1 Å². The Labute approximate surface area is 164 Å². The first-order valence-corrected chi connectivity index (χ1v) is 8.94. The van der Waals surface area contributed by atoms with Crippen LogP contribution in [0.4, 0.5) is 13.2 Å². The second kappa shape index (κ2) is 6.22. The number of alkyl halides is 3. The van der Waals surface area contributed by atoms with Gasteiger partial charge in [-0.05, 0) is 29.3 Å². The van der Waals surface area contributed by atoms with Gasteiger partial charge < -0.3 is 18.9 Å². The minimum Gasteiger partial charge on any atom is -0.498 e. The number of rotatable bonds is 3. The molecular formula is C20H19F3O6. The van der Waals surface area contributed by atoms with E-state index in [2.05, 4.69) is 0 Å². The van der Waals surface area contributed by atoms with Crippen molar-refractivity contribution < 1.29 is 41.7 Å². The van der Waals surface area contributed by atoms with Crippen molar-refractivity contribution in [3.63, 3.8) is 0 Å². The second-order valence-electron chi connectivity index (χ2n) is 7.62. The molecule has 1 aromatic rings. The smallest absolute Gasteiger partial charge is 0.416 e. The number of halogens is 3. The van der Waals surface area contributed by atoms with E-state index < -0.39 is 46.7 Å². The molecule has 0 aromatic heterocycles. The Kier molecular flexibility index (Phi) is 4.24. The number of esters is 2. The number of ether oxygens (including phenoxy) is 4. The highest BCUT2D eigenvalue weighted by atomic mass is 19.4. The summed E-state index contributed by atoms with van der Waals surface area (Å²) in [6.07, 6.45) is -2.57. The predicted octanol–water partition coefficient (Wildman–Crippen LogP) is 3.13. The van der Waals surface area contributed by atoms with Crippen molar-refractivity contribution in [2.24, 2.45) is 11.3 Å².